The number of rotatable bonds is 6. The Morgan fingerprint density at radius 1 is 1.28 bits per heavy atom. The van der Waals surface area contributed by atoms with Crippen LogP contribution in [0.5, 0.6) is 0 Å². The Hall–Kier alpha value is -3.80. The van der Waals surface area contributed by atoms with Crippen molar-refractivity contribution in [2.24, 2.45) is 0 Å². The zero-order chi connectivity index (χ0) is 20.4. The highest BCUT2D eigenvalue weighted by molar-refractivity contribution is 5.75. The number of anilines is 2. The monoisotopic (exact) mass is 390 g/mol. The first-order valence-electron chi connectivity index (χ1n) is 9.15. The first kappa shape index (κ1) is 18.6. The van der Waals surface area contributed by atoms with Crippen LogP contribution in [0.3, 0.4) is 0 Å². The average molecular weight is 390 g/mol. The van der Waals surface area contributed by atoms with E-state index in [1.165, 1.54) is 6.92 Å². The van der Waals surface area contributed by atoms with E-state index in [-0.39, 0.29) is 6.54 Å². The van der Waals surface area contributed by atoms with Crippen molar-refractivity contribution in [1.29, 1.82) is 5.26 Å². The Bertz CT molecular complexity index is 1200. The Morgan fingerprint density at radius 2 is 2.10 bits per heavy atom. The van der Waals surface area contributed by atoms with Gasteiger partial charge in [-0.05, 0) is 25.5 Å². The number of fused-ring (bicyclic) bond motifs is 1. The van der Waals surface area contributed by atoms with E-state index in [1.54, 1.807) is 34.0 Å². The van der Waals surface area contributed by atoms with Crippen LogP contribution in [0, 0.1) is 18.3 Å². The molecule has 0 bridgehead atoms. The summed E-state index contributed by atoms with van der Waals surface area (Å²) in [5.41, 5.74) is 3.56. The minimum atomic E-state index is -0.986. The summed E-state index contributed by atoms with van der Waals surface area (Å²) in [6.07, 6.45) is 4.13. The Balaban J connectivity index is 1.62. The van der Waals surface area contributed by atoms with Crippen molar-refractivity contribution in [2.75, 3.05) is 5.32 Å². The number of aryl methyl sites for hydroxylation is 1. The van der Waals surface area contributed by atoms with E-state index in [9.17, 15) is 9.65 Å². The van der Waals surface area contributed by atoms with Gasteiger partial charge in [0.2, 0.25) is 5.95 Å². The minimum Gasteiger partial charge on any atom is -0.321 e. The van der Waals surface area contributed by atoms with E-state index in [4.69, 9.17) is 0 Å². The predicted octanol–water partition coefficient (Wildman–Crippen LogP) is 3.35. The first-order chi connectivity index (χ1) is 14.0. The Morgan fingerprint density at radius 3 is 2.90 bits per heavy atom. The second kappa shape index (κ2) is 7.67. The molecule has 8 nitrogen and oxygen atoms in total. The van der Waals surface area contributed by atoms with Gasteiger partial charge in [0.05, 0.1) is 47.7 Å². The lowest BCUT2D eigenvalue weighted by atomic mass is 10.1. The van der Waals surface area contributed by atoms with Crippen LogP contribution in [0.4, 0.5) is 16.0 Å². The summed E-state index contributed by atoms with van der Waals surface area (Å²) in [5.74, 6) is 0.392. The van der Waals surface area contributed by atoms with E-state index in [2.05, 4.69) is 31.6 Å². The van der Waals surface area contributed by atoms with Crippen LogP contribution in [-0.4, -0.2) is 35.7 Å². The maximum absolute atomic E-state index is 13.2. The van der Waals surface area contributed by atoms with Gasteiger partial charge in [0.15, 0.2) is 5.65 Å². The molecular formula is C20H19FN8. The molecule has 1 unspecified atom stereocenters. The number of hydrogen-bond acceptors (Lipinski definition) is 6. The fourth-order valence-electron chi connectivity index (χ4n) is 3.08. The third kappa shape index (κ3) is 3.91. The molecule has 9 heteroatoms. The van der Waals surface area contributed by atoms with Gasteiger partial charge in [-0.3, -0.25) is 4.68 Å². The lowest BCUT2D eigenvalue weighted by Gasteiger charge is -2.07. The van der Waals surface area contributed by atoms with Gasteiger partial charge in [0, 0.05) is 12.4 Å². The van der Waals surface area contributed by atoms with E-state index in [0.29, 0.717) is 29.4 Å². The molecule has 1 aromatic carbocycles. The SMILES string of the molecule is Cc1nn(CC(C)F)cc1Nc1ncc2cnn(Cc3ccccc3C#N)c2n1. The van der Waals surface area contributed by atoms with Crippen LogP contribution in [-0.2, 0) is 13.1 Å². The third-order valence-corrected chi connectivity index (χ3v) is 4.47. The number of halogens is 1. The van der Waals surface area contributed by atoms with Crippen molar-refractivity contribution in [3.05, 3.63) is 59.7 Å². The zero-order valence-electron chi connectivity index (χ0n) is 16.0. The number of nitrogens with zero attached hydrogens (tertiary/aromatic N) is 7. The fraction of sp³-hybridized carbons (Fsp3) is 0.250. The van der Waals surface area contributed by atoms with Crippen LogP contribution < -0.4 is 5.32 Å². The largest absolute Gasteiger partial charge is 0.321 e. The van der Waals surface area contributed by atoms with E-state index >= 15 is 0 Å². The molecule has 0 aliphatic carbocycles. The number of aromatic nitrogens is 6. The van der Waals surface area contributed by atoms with Crippen LogP contribution >= 0.6 is 0 Å². The molecule has 4 rings (SSSR count). The van der Waals surface area contributed by atoms with Crippen molar-refractivity contribution in [1.82, 2.24) is 29.5 Å². The van der Waals surface area contributed by atoms with Gasteiger partial charge in [-0.25, -0.2) is 14.1 Å². The van der Waals surface area contributed by atoms with Crippen LogP contribution in [0.15, 0.2) is 42.9 Å². The van der Waals surface area contributed by atoms with E-state index < -0.39 is 6.17 Å². The maximum Gasteiger partial charge on any atom is 0.229 e. The number of nitriles is 1. The lowest BCUT2D eigenvalue weighted by Crippen LogP contribution is -2.08. The second-order valence-corrected chi connectivity index (χ2v) is 6.80. The lowest BCUT2D eigenvalue weighted by molar-refractivity contribution is 0.309. The molecule has 146 valence electrons. The smallest absolute Gasteiger partial charge is 0.229 e. The maximum atomic E-state index is 13.2. The van der Waals surface area contributed by atoms with Crippen molar-refractivity contribution < 1.29 is 4.39 Å². The third-order valence-electron chi connectivity index (χ3n) is 4.47. The van der Waals surface area contributed by atoms with Gasteiger partial charge in [0.25, 0.3) is 0 Å². The summed E-state index contributed by atoms with van der Waals surface area (Å²) in [7, 11) is 0. The Kier molecular flexibility index (Phi) is 4.91. The quantitative estimate of drug-likeness (QED) is 0.542. The van der Waals surface area contributed by atoms with Gasteiger partial charge in [-0.1, -0.05) is 18.2 Å². The van der Waals surface area contributed by atoms with Gasteiger partial charge >= 0.3 is 0 Å². The highest BCUT2D eigenvalue weighted by Gasteiger charge is 2.12. The summed E-state index contributed by atoms with van der Waals surface area (Å²) in [6, 6.07) is 9.60. The summed E-state index contributed by atoms with van der Waals surface area (Å²) in [5, 5.41) is 21.9. The summed E-state index contributed by atoms with van der Waals surface area (Å²) in [6.45, 7) is 3.94. The van der Waals surface area contributed by atoms with Gasteiger partial charge in [-0.15, -0.1) is 0 Å². The number of benzene rings is 1. The molecule has 0 saturated heterocycles. The molecule has 0 amide bonds. The molecule has 0 fully saturated rings. The normalized spacial score (nSPS) is 12.1. The van der Waals surface area contributed by atoms with Crippen molar-refractivity contribution in [3.63, 3.8) is 0 Å². The zero-order valence-corrected chi connectivity index (χ0v) is 16.0. The second-order valence-electron chi connectivity index (χ2n) is 6.80. The molecule has 3 heterocycles. The molecule has 3 aromatic heterocycles. The van der Waals surface area contributed by atoms with E-state index in [1.807, 2.05) is 25.1 Å². The van der Waals surface area contributed by atoms with Gasteiger partial charge < -0.3 is 5.32 Å². The molecule has 0 aliphatic rings. The first-order valence-corrected chi connectivity index (χ1v) is 9.15. The highest BCUT2D eigenvalue weighted by Crippen LogP contribution is 2.20. The van der Waals surface area contributed by atoms with Crippen LogP contribution in [0.25, 0.3) is 11.0 Å². The summed E-state index contributed by atoms with van der Waals surface area (Å²) >= 11 is 0. The van der Waals surface area contributed by atoms with E-state index in [0.717, 1.165) is 16.6 Å². The van der Waals surface area contributed by atoms with Gasteiger partial charge in [-0.2, -0.15) is 20.4 Å². The molecule has 0 radical (unpaired) electrons. The number of nitrogens with one attached hydrogen (secondary N) is 1. The minimum absolute atomic E-state index is 0.188. The fourth-order valence-corrected chi connectivity index (χ4v) is 3.08. The molecule has 0 spiro atoms. The number of alkyl halides is 1. The molecule has 1 atom stereocenters. The number of hydrogen-bond donors (Lipinski definition) is 1. The van der Waals surface area contributed by atoms with Crippen LogP contribution in [0.1, 0.15) is 23.7 Å². The average Bonchev–Trinajstić information content (AvgIpc) is 3.25. The topological polar surface area (TPSA) is 97.2 Å². The molecule has 0 aliphatic heterocycles. The van der Waals surface area contributed by atoms with Crippen molar-refractivity contribution >= 4 is 22.7 Å². The molecule has 0 saturated carbocycles. The molecule has 29 heavy (non-hydrogen) atoms. The molecular weight excluding hydrogens is 371 g/mol. The Labute approximate surface area is 166 Å². The van der Waals surface area contributed by atoms with Gasteiger partial charge in [0.1, 0.15) is 6.17 Å². The molecule has 4 aromatic rings. The van der Waals surface area contributed by atoms with Crippen molar-refractivity contribution in [2.45, 2.75) is 33.1 Å². The highest BCUT2D eigenvalue weighted by atomic mass is 19.1. The summed E-state index contributed by atoms with van der Waals surface area (Å²) < 4.78 is 16.5. The predicted molar refractivity (Wildman–Crippen MR) is 106 cm³/mol. The van der Waals surface area contributed by atoms with Crippen LogP contribution in [0.2, 0.25) is 0 Å². The van der Waals surface area contributed by atoms with Crippen molar-refractivity contribution in [3.8, 4) is 6.07 Å². The molecule has 1 N–H and O–H groups in total. The standard InChI is InChI=1S/C20H19FN8/c1-13(21)10-28-12-18(14(2)27-28)25-20-23-8-17-9-24-29(19(17)26-20)11-16-6-4-3-5-15(16)7-22/h3-6,8-9,12-13H,10-11H2,1-2H3,(H,23,25,26). The summed E-state index contributed by atoms with van der Waals surface area (Å²) in [4.78, 5) is 8.91.